The van der Waals surface area contributed by atoms with Crippen LogP contribution in [0.1, 0.15) is 35.1 Å². The number of nitrogens with one attached hydrogen (secondary N) is 1. The Kier molecular flexibility index (Phi) is 9.40. The molecule has 10 heteroatoms. The molecule has 1 heterocycles. The van der Waals surface area contributed by atoms with E-state index < -0.39 is 11.8 Å². The van der Waals surface area contributed by atoms with Crippen LogP contribution in [0.5, 0.6) is 0 Å². The number of nitrogens with two attached hydrogens (primary N) is 1. The van der Waals surface area contributed by atoms with Crippen LogP contribution in [0, 0.1) is 12.8 Å². The first-order valence-electron chi connectivity index (χ1n) is 11.4. The van der Waals surface area contributed by atoms with Gasteiger partial charge >= 0.3 is 0 Å². The molecule has 0 saturated heterocycles. The Morgan fingerprint density at radius 2 is 2.14 bits per heavy atom. The summed E-state index contributed by atoms with van der Waals surface area (Å²) in [5.41, 5.74) is 10.1. The molecule has 1 aromatic carbocycles. The lowest BCUT2D eigenvalue weighted by molar-refractivity contribution is -0.0956. The van der Waals surface area contributed by atoms with Crippen LogP contribution in [-0.4, -0.2) is 48.0 Å². The van der Waals surface area contributed by atoms with Gasteiger partial charge in [0.1, 0.15) is 5.82 Å². The molecule has 0 amide bonds. The van der Waals surface area contributed by atoms with Gasteiger partial charge in [-0.2, -0.15) is 0 Å². The fourth-order valence-electron chi connectivity index (χ4n) is 3.57. The minimum Gasteiger partial charge on any atom is -0.404 e. The van der Waals surface area contributed by atoms with Crippen molar-refractivity contribution in [2.75, 3.05) is 18.5 Å². The number of aliphatic hydroxyl groups excluding tert-OH is 1. The number of allylic oxidation sites excluding steroid dienone is 1. The summed E-state index contributed by atoms with van der Waals surface area (Å²) in [5.74, 6) is -2.27. The number of pyridine rings is 1. The van der Waals surface area contributed by atoms with E-state index in [-0.39, 0.29) is 31.9 Å². The number of hydrogen-bond donors (Lipinski definition) is 3. The molecule has 1 saturated carbocycles. The Morgan fingerprint density at radius 3 is 2.78 bits per heavy atom. The summed E-state index contributed by atoms with van der Waals surface area (Å²) in [7, 11) is 0. The highest BCUT2D eigenvalue weighted by atomic mass is 19.3. The van der Waals surface area contributed by atoms with Crippen molar-refractivity contribution in [3.05, 3.63) is 71.2 Å². The van der Waals surface area contributed by atoms with Crippen LogP contribution in [0.15, 0.2) is 64.1 Å². The summed E-state index contributed by atoms with van der Waals surface area (Å²) >= 11 is 0. The summed E-state index contributed by atoms with van der Waals surface area (Å²) in [6, 6.07) is 9.57. The van der Waals surface area contributed by atoms with Crippen molar-refractivity contribution in [3.63, 3.8) is 0 Å². The van der Waals surface area contributed by atoms with Gasteiger partial charge in [0.25, 0.3) is 0 Å². The van der Waals surface area contributed by atoms with E-state index in [0.717, 1.165) is 22.3 Å². The van der Waals surface area contributed by atoms with Gasteiger partial charge in [-0.15, -0.1) is 0 Å². The summed E-state index contributed by atoms with van der Waals surface area (Å²) in [6.45, 7) is 5.82. The van der Waals surface area contributed by atoms with Crippen molar-refractivity contribution in [1.29, 1.82) is 0 Å². The zero-order valence-electron chi connectivity index (χ0n) is 20.1. The molecule has 0 unspecified atom stereocenters. The smallest absolute Gasteiger partial charge is 0.249 e. The Balaban J connectivity index is 1.63. The van der Waals surface area contributed by atoms with E-state index in [1.54, 1.807) is 18.6 Å². The summed E-state index contributed by atoms with van der Waals surface area (Å²) in [6.07, 6.45) is 7.85. The second-order valence-corrected chi connectivity index (χ2v) is 8.32. The minimum absolute atomic E-state index is 0.0262. The highest BCUT2D eigenvalue weighted by Crippen LogP contribution is 2.43. The predicted octanol–water partition coefficient (Wildman–Crippen LogP) is 4.41. The van der Waals surface area contributed by atoms with Crippen molar-refractivity contribution in [2.45, 2.75) is 32.2 Å². The second-order valence-electron chi connectivity index (χ2n) is 8.32. The lowest BCUT2D eigenvalue weighted by atomic mass is 9.81. The number of aryl methyl sites for hydroxylation is 1. The van der Waals surface area contributed by atoms with Gasteiger partial charge in [-0.25, -0.2) is 18.8 Å². The summed E-state index contributed by atoms with van der Waals surface area (Å²) < 4.78 is 26.4. The van der Waals surface area contributed by atoms with Crippen LogP contribution in [0.2, 0.25) is 0 Å². The Morgan fingerprint density at radius 1 is 1.33 bits per heavy atom. The molecule has 2 aromatic rings. The van der Waals surface area contributed by atoms with Gasteiger partial charge < -0.3 is 21.0 Å². The third kappa shape index (κ3) is 7.54. The number of alkyl halides is 2. The maximum atomic E-state index is 13.2. The Bertz CT molecular complexity index is 1150. The van der Waals surface area contributed by atoms with Gasteiger partial charge in [-0.05, 0) is 47.9 Å². The fourth-order valence-corrected chi connectivity index (χ4v) is 3.57. The number of halogens is 2. The monoisotopic (exact) mass is 496 g/mol. The van der Waals surface area contributed by atoms with E-state index in [2.05, 4.69) is 32.2 Å². The molecule has 0 spiro atoms. The molecule has 1 aromatic heterocycles. The normalized spacial score (nSPS) is 16.3. The summed E-state index contributed by atoms with van der Waals surface area (Å²) in [4.78, 5) is 17.9. The molecule has 0 bridgehead atoms. The van der Waals surface area contributed by atoms with Crippen LogP contribution in [0.25, 0.3) is 11.6 Å². The van der Waals surface area contributed by atoms with E-state index in [1.165, 1.54) is 6.20 Å². The third-order valence-corrected chi connectivity index (χ3v) is 5.59. The Labute approximate surface area is 209 Å². The fraction of sp³-hybridized carbons (Fsp3) is 0.308. The number of hydrogen-bond acceptors (Lipinski definition) is 8. The van der Waals surface area contributed by atoms with Crippen LogP contribution in [0.4, 0.5) is 14.6 Å². The number of aromatic nitrogens is 1. The molecule has 190 valence electrons. The molecule has 8 nitrogen and oxygen atoms in total. The van der Waals surface area contributed by atoms with E-state index in [4.69, 9.17) is 15.7 Å². The van der Waals surface area contributed by atoms with Crippen molar-refractivity contribution >= 4 is 36.3 Å². The molecule has 1 aliphatic rings. The quantitative estimate of drug-likeness (QED) is 0.242. The van der Waals surface area contributed by atoms with Crippen LogP contribution < -0.4 is 11.1 Å². The zero-order chi connectivity index (χ0) is 26.0. The van der Waals surface area contributed by atoms with Gasteiger partial charge in [0.2, 0.25) is 11.8 Å². The topological polar surface area (TPSA) is 117 Å². The van der Waals surface area contributed by atoms with Gasteiger partial charge in [-0.1, -0.05) is 17.3 Å². The first kappa shape index (κ1) is 26.7. The number of rotatable bonds is 11. The van der Waals surface area contributed by atoms with Crippen molar-refractivity contribution in [1.82, 2.24) is 4.98 Å². The van der Waals surface area contributed by atoms with Crippen molar-refractivity contribution in [3.8, 4) is 0 Å². The molecule has 0 atom stereocenters. The Hall–Kier alpha value is -3.92. The molecule has 36 heavy (non-hydrogen) atoms. The van der Waals surface area contributed by atoms with E-state index in [1.807, 2.05) is 43.3 Å². The average molecular weight is 497 g/mol. The lowest BCUT2D eigenvalue weighted by Gasteiger charge is -2.33. The first-order chi connectivity index (χ1) is 17.3. The number of aliphatic hydroxyl groups is 1. The largest absolute Gasteiger partial charge is 0.404 e. The first-order valence-corrected chi connectivity index (χ1v) is 11.4. The third-order valence-electron chi connectivity index (χ3n) is 5.59. The number of oxime groups is 1. The maximum Gasteiger partial charge on any atom is 0.249 e. The molecular weight excluding hydrogens is 466 g/mol. The van der Waals surface area contributed by atoms with Gasteiger partial charge in [-0.3, -0.25) is 4.99 Å². The SMILES string of the molecule is C=NOC(=NCc1ccc(C)c(/C=C/Nc2ccc(C(C=NCCO)=CN)cn2)c1)C1CC(F)(F)C1. The number of benzene rings is 1. The van der Waals surface area contributed by atoms with Gasteiger partial charge in [0.15, 0.2) is 0 Å². The summed E-state index contributed by atoms with van der Waals surface area (Å²) in [5, 5.41) is 15.3. The molecule has 3 rings (SSSR count). The standard InChI is InChI=1S/C26H30F2N6O2/c1-18-3-4-19(15-34-25(36-30-2)22-12-26(27,28)13-22)11-20(18)7-8-32-24-6-5-21(17-33-24)23(14-29)16-31-9-10-35/h3-8,11,14,16-17,22,35H,2,9-10,12-13,15,29H2,1H3,(H,32,33)/b8-7+,23-14?,31-16?,34-25?. The molecule has 0 radical (unpaired) electrons. The van der Waals surface area contributed by atoms with Crippen molar-refractivity contribution < 1.29 is 18.7 Å². The van der Waals surface area contributed by atoms with E-state index >= 15 is 0 Å². The predicted molar refractivity (Wildman–Crippen MR) is 140 cm³/mol. The number of anilines is 1. The average Bonchev–Trinajstić information content (AvgIpc) is 2.85. The highest BCUT2D eigenvalue weighted by molar-refractivity contribution is 6.09. The van der Waals surface area contributed by atoms with Crippen LogP contribution in [0.3, 0.4) is 0 Å². The van der Waals surface area contributed by atoms with Crippen LogP contribution >= 0.6 is 0 Å². The number of nitrogens with zero attached hydrogens (tertiary/aromatic N) is 4. The molecule has 1 aliphatic carbocycles. The molecule has 0 aliphatic heterocycles. The number of aliphatic imine (C=N–C) groups is 2. The van der Waals surface area contributed by atoms with Gasteiger partial charge in [0.05, 0.1) is 19.7 Å². The van der Waals surface area contributed by atoms with E-state index in [9.17, 15) is 8.78 Å². The molecule has 1 fully saturated rings. The zero-order valence-corrected chi connectivity index (χ0v) is 20.1. The lowest BCUT2D eigenvalue weighted by Crippen LogP contribution is -2.40. The second kappa shape index (κ2) is 12.7. The highest BCUT2D eigenvalue weighted by Gasteiger charge is 2.48. The molecular formula is C26H30F2N6O2. The van der Waals surface area contributed by atoms with E-state index in [0.29, 0.717) is 17.9 Å². The van der Waals surface area contributed by atoms with Gasteiger partial charge in [0, 0.05) is 61.4 Å². The minimum atomic E-state index is -2.67. The molecule has 4 N–H and O–H groups in total. The van der Waals surface area contributed by atoms with Crippen LogP contribution in [-0.2, 0) is 11.4 Å². The van der Waals surface area contributed by atoms with Crippen molar-refractivity contribution in [2.24, 2.45) is 26.8 Å². The maximum absolute atomic E-state index is 13.2.